The third-order valence-electron chi connectivity index (χ3n) is 1.25. The van der Waals surface area contributed by atoms with Crippen LogP contribution in [0.1, 0.15) is 16.6 Å². The van der Waals surface area contributed by atoms with Crippen LogP contribution in [-0.4, -0.2) is 18.4 Å². The van der Waals surface area contributed by atoms with Crippen LogP contribution in [0.4, 0.5) is 0 Å². The molecular weight excluding hydrogens is 212 g/mol. The number of halogens is 1. The first-order chi connectivity index (χ1) is 6.09. The average Bonchev–Trinajstić information content (AvgIpc) is 2.47. The van der Waals surface area contributed by atoms with E-state index in [0.717, 1.165) is 0 Å². The summed E-state index contributed by atoms with van der Waals surface area (Å²) in [7, 11) is 0. The molecule has 1 aromatic rings. The Labute approximate surface area is 84.3 Å². The topological polar surface area (TPSA) is 43.4 Å². The lowest BCUT2D eigenvalue weighted by molar-refractivity contribution is -0.139. The van der Waals surface area contributed by atoms with Crippen LogP contribution < -0.4 is 0 Å². The van der Waals surface area contributed by atoms with Crippen molar-refractivity contribution in [3.05, 3.63) is 21.3 Å². The highest BCUT2D eigenvalue weighted by atomic mass is 35.5. The van der Waals surface area contributed by atoms with Gasteiger partial charge in [-0.2, -0.15) is 0 Å². The molecule has 0 spiro atoms. The number of carbonyl (C=O) groups is 2. The second-order valence-corrected chi connectivity index (χ2v) is 4.02. The van der Waals surface area contributed by atoms with Gasteiger partial charge in [-0.25, -0.2) is 0 Å². The Morgan fingerprint density at radius 1 is 1.54 bits per heavy atom. The van der Waals surface area contributed by atoms with E-state index in [9.17, 15) is 9.59 Å². The van der Waals surface area contributed by atoms with E-state index in [0.29, 0.717) is 9.21 Å². The van der Waals surface area contributed by atoms with Gasteiger partial charge < -0.3 is 4.74 Å². The van der Waals surface area contributed by atoms with Gasteiger partial charge >= 0.3 is 5.97 Å². The lowest BCUT2D eigenvalue weighted by atomic mass is 10.3. The van der Waals surface area contributed by atoms with Crippen molar-refractivity contribution in [3.8, 4) is 0 Å². The summed E-state index contributed by atoms with van der Waals surface area (Å²) >= 11 is 6.80. The van der Waals surface area contributed by atoms with E-state index < -0.39 is 5.97 Å². The highest BCUT2D eigenvalue weighted by molar-refractivity contribution is 7.18. The van der Waals surface area contributed by atoms with Gasteiger partial charge in [0.2, 0.25) is 5.78 Å². The van der Waals surface area contributed by atoms with Crippen molar-refractivity contribution in [1.29, 1.82) is 0 Å². The predicted octanol–water partition coefficient (Wildman–Crippen LogP) is 2.15. The number of hydrogen-bond acceptors (Lipinski definition) is 4. The second-order valence-electron chi connectivity index (χ2n) is 2.31. The first-order valence-corrected chi connectivity index (χ1v) is 4.71. The minimum Gasteiger partial charge on any atom is -0.457 e. The molecule has 0 radical (unpaired) electrons. The van der Waals surface area contributed by atoms with Crippen LogP contribution >= 0.6 is 22.9 Å². The Bertz CT molecular complexity index is 332. The zero-order valence-electron chi connectivity index (χ0n) is 6.87. The monoisotopic (exact) mass is 218 g/mol. The summed E-state index contributed by atoms with van der Waals surface area (Å²) in [5.41, 5.74) is 0. The predicted molar refractivity (Wildman–Crippen MR) is 50.3 cm³/mol. The van der Waals surface area contributed by atoms with Gasteiger partial charge in [0.25, 0.3) is 0 Å². The van der Waals surface area contributed by atoms with Crippen LogP contribution in [-0.2, 0) is 9.53 Å². The fraction of sp³-hybridized carbons (Fsp3) is 0.250. The van der Waals surface area contributed by atoms with Gasteiger partial charge in [-0.3, -0.25) is 9.59 Å². The molecule has 0 aliphatic rings. The Morgan fingerprint density at radius 3 is 2.69 bits per heavy atom. The maximum atomic E-state index is 11.2. The average molecular weight is 219 g/mol. The third-order valence-corrected chi connectivity index (χ3v) is 2.53. The van der Waals surface area contributed by atoms with Crippen LogP contribution in [0.2, 0.25) is 4.34 Å². The Morgan fingerprint density at radius 2 is 2.23 bits per heavy atom. The summed E-state index contributed by atoms with van der Waals surface area (Å²) in [6.07, 6.45) is 0. The van der Waals surface area contributed by atoms with E-state index in [4.69, 9.17) is 11.6 Å². The highest BCUT2D eigenvalue weighted by Crippen LogP contribution is 2.21. The number of ether oxygens (including phenoxy) is 1. The molecule has 13 heavy (non-hydrogen) atoms. The standard InChI is InChI=1S/C8H7ClO3S/c1-5(10)12-4-6(11)7-2-3-8(9)13-7/h2-3H,4H2,1H3. The van der Waals surface area contributed by atoms with E-state index in [1.54, 1.807) is 12.1 Å². The fourth-order valence-electron chi connectivity index (χ4n) is 0.702. The smallest absolute Gasteiger partial charge is 0.303 e. The van der Waals surface area contributed by atoms with Crippen molar-refractivity contribution in [2.45, 2.75) is 6.92 Å². The Balaban J connectivity index is 2.54. The largest absolute Gasteiger partial charge is 0.457 e. The van der Waals surface area contributed by atoms with E-state index in [1.165, 1.54) is 18.3 Å². The molecule has 0 amide bonds. The molecule has 1 heterocycles. The molecule has 5 heteroatoms. The normalized spacial score (nSPS) is 9.69. The molecular formula is C8H7ClO3S. The van der Waals surface area contributed by atoms with Gasteiger partial charge in [0, 0.05) is 6.92 Å². The number of esters is 1. The zero-order valence-corrected chi connectivity index (χ0v) is 8.45. The number of rotatable bonds is 3. The van der Waals surface area contributed by atoms with Crippen molar-refractivity contribution in [2.75, 3.05) is 6.61 Å². The molecule has 3 nitrogen and oxygen atoms in total. The van der Waals surface area contributed by atoms with Crippen molar-refractivity contribution in [3.63, 3.8) is 0 Å². The molecule has 0 fully saturated rings. The SMILES string of the molecule is CC(=O)OCC(=O)c1ccc(Cl)s1. The minimum atomic E-state index is -0.462. The third kappa shape index (κ3) is 3.16. The molecule has 0 aliphatic carbocycles. The van der Waals surface area contributed by atoms with Gasteiger partial charge in [-0.1, -0.05) is 11.6 Å². The molecule has 0 bridgehead atoms. The maximum Gasteiger partial charge on any atom is 0.303 e. The van der Waals surface area contributed by atoms with E-state index in [-0.39, 0.29) is 12.4 Å². The van der Waals surface area contributed by atoms with E-state index >= 15 is 0 Å². The molecule has 70 valence electrons. The van der Waals surface area contributed by atoms with Crippen molar-refractivity contribution < 1.29 is 14.3 Å². The molecule has 1 rings (SSSR count). The summed E-state index contributed by atoms with van der Waals surface area (Å²) in [4.78, 5) is 22.1. The number of carbonyl (C=O) groups excluding carboxylic acids is 2. The summed E-state index contributed by atoms with van der Waals surface area (Å²) in [5, 5.41) is 0. The molecule has 0 saturated carbocycles. The number of Topliss-reactive ketones (excluding diaryl/α,β-unsaturated/α-hetero) is 1. The lowest BCUT2D eigenvalue weighted by Crippen LogP contribution is -2.10. The van der Waals surface area contributed by atoms with Gasteiger partial charge in [0.05, 0.1) is 9.21 Å². The number of hydrogen-bond donors (Lipinski definition) is 0. The van der Waals surface area contributed by atoms with Crippen LogP contribution in [0.15, 0.2) is 12.1 Å². The number of ketones is 1. The number of thiophene rings is 1. The maximum absolute atomic E-state index is 11.2. The van der Waals surface area contributed by atoms with Gasteiger partial charge in [-0.15, -0.1) is 11.3 Å². The first kappa shape index (κ1) is 10.2. The van der Waals surface area contributed by atoms with Crippen LogP contribution in [0.25, 0.3) is 0 Å². The molecule has 1 aromatic heterocycles. The zero-order chi connectivity index (χ0) is 9.84. The lowest BCUT2D eigenvalue weighted by Gasteiger charge is -1.97. The highest BCUT2D eigenvalue weighted by Gasteiger charge is 2.09. The van der Waals surface area contributed by atoms with Crippen molar-refractivity contribution in [1.82, 2.24) is 0 Å². The fourth-order valence-corrected chi connectivity index (χ4v) is 1.67. The molecule has 0 aromatic carbocycles. The molecule has 0 unspecified atom stereocenters. The summed E-state index contributed by atoms with van der Waals surface area (Å²) in [6.45, 7) is 1.04. The summed E-state index contributed by atoms with van der Waals surface area (Å²) in [6, 6.07) is 3.24. The molecule has 0 N–H and O–H groups in total. The second kappa shape index (κ2) is 4.39. The van der Waals surface area contributed by atoms with E-state index in [1.807, 2.05) is 0 Å². The summed E-state index contributed by atoms with van der Waals surface area (Å²) < 4.78 is 5.09. The Kier molecular flexibility index (Phi) is 3.45. The van der Waals surface area contributed by atoms with Crippen molar-refractivity contribution >= 4 is 34.7 Å². The minimum absolute atomic E-state index is 0.216. The molecule has 0 atom stereocenters. The van der Waals surface area contributed by atoms with Crippen LogP contribution in [0, 0.1) is 0 Å². The van der Waals surface area contributed by atoms with Gasteiger partial charge in [0.15, 0.2) is 6.61 Å². The molecule has 0 aliphatic heterocycles. The Hall–Kier alpha value is -0.870. The first-order valence-electron chi connectivity index (χ1n) is 3.51. The van der Waals surface area contributed by atoms with Crippen LogP contribution in [0.3, 0.4) is 0 Å². The van der Waals surface area contributed by atoms with Crippen molar-refractivity contribution in [2.24, 2.45) is 0 Å². The van der Waals surface area contributed by atoms with Gasteiger partial charge in [-0.05, 0) is 12.1 Å². The van der Waals surface area contributed by atoms with Gasteiger partial charge in [0.1, 0.15) is 0 Å². The molecule has 0 saturated heterocycles. The van der Waals surface area contributed by atoms with E-state index in [2.05, 4.69) is 4.74 Å². The summed E-state index contributed by atoms with van der Waals surface area (Å²) in [5.74, 6) is -0.692. The van der Waals surface area contributed by atoms with Crippen LogP contribution in [0.5, 0.6) is 0 Å². The quantitative estimate of drug-likeness (QED) is 0.577.